The second-order valence-electron chi connectivity index (χ2n) is 4.30. The monoisotopic (exact) mass is 207 g/mol. The number of hydrogen-bond acceptors (Lipinski definition) is 2. The summed E-state index contributed by atoms with van der Waals surface area (Å²) in [4.78, 5) is 11.4. The molecule has 1 saturated carbocycles. The van der Waals surface area contributed by atoms with Crippen molar-refractivity contribution in [2.75, 3.05) is 0 Å². The second-order valence-corrected chi connectivity index (χ2v) is 4.30. The van der Waals surface area contributed by atoms with Gasteiger partial charge in [0.1, 0.15) is 0 Å². The molecule has 0 saturated heterocycles. The third kappa shape index (κ3) is 2.48. The van der Waals surface area contributed by atoms with Gasteiger partial charge in [-0.05, 0) is 24.8 Å². The summed E-state index contributed by atoms with van der Waals surface area (Å²) in [5.41, 5.74) is -0.0328. The zero-order chi connectivity index (χ0) is 10.7. The van der Waals surface area contributed by atoms with Crippen LogP contribution in [-0.4, -0.2) is 15.8 Å². The summed E-state index contributed by atoms with van der Waals surface area (Å²) in [7, 11) is 0. The molecule has 0 spiro atoms. The maximum atomic E-state index is 11.4. The molecule has 1 unspecified atom stereocenters. The number of aliphatic hydroxyl groups is 1. The van der Waals surface area contributed by atoms with Gasteiger partial charge in [0.15, 0.2) is 0 Å². The van der Waals surface area contributed by atoms with Gasteiger partial charge < -0.3 is 9.67 Å². The fourth-order valence-corrected chi connectivity index (χ4v) is 2.30. The van der Waals surface area contributed by atoms with Crippen molar-refractivity contribution < 1.29 is 5.11 Å². The maximum Gasteiger partial charge on any atom is 0.250 e. The summed E-state index contributed by atoms with van der Waals surface area (Å²) < 4.78 is 1.59. The molecule has 1 aliphatic carbocycles. The Kier molecular flexibility index (Phi) is 3.21. The maximum absolute atomic E-state index is 11.4. The standard InChI is InChI=1S/C12H17NO2/c14-11(10-5-1-2-6-10)9-13-8-4-3-7-12(13)15/h3-4,7-8,10-11,14H,1-2,5-6,9H2. The van der Waals surface area contributed by atoms with E-state index < -0.39 is 0 Å². The van der Waals surface area contributed by atoms with Gasteiger partial charge in [-0.15, -0.1) is 0 Å². The normalized spacial score (nSPS) is 19.3. The van der Waals surface area contributed by atoms with Crippen LogP contribution < -0.4 is 5.56 Å². The van der Waals surface area contributed by atoms with Gasteiger partial charge in [0.25, 0.3) is 5.56 Å². The van der Waals surface area contributed by atoms with Gasteiger partial charge in [-0.25, -0.2) is 0 Å². The Morgan fingerprint density at radius 2 is 2.13 bits per heavy atom. The number of nitrogens with zero attached hydrogens (tertiary/aromatic N) is 1. The van der Waals surface area contributed by atoms with Crippen LogP contribution in [0.5, 0.6) is 0 Å². The van der Waals surface area contributed by atoms with E-state index in [0.29, 0.717) is 12.5 Å². The van der Waals surface area contributed by atoms with E-state index in [0.717, 1.165) is 12.8 Å². The fraction of sp³-hybridized carbons (Fsp3) is 0.583. The van der Waals surface area contributed by atoms with Crippen molar-refractivity contribution in [1.29, 1.82) is 0 Å². The molecular formula is C12H17NO2. The highest BCUT2D eigenvalue weighted by atomic mass is 16.3. The van der Waals surface area contributed by atoms with Crippen LogP contribution in [0.4, 0.5) is 0 Å². The molecule has 1 fully saturated rings. The minimum atomic E-state index is -0.368. The van der Waals surface area contributed by atoms with E-state index in [1.54, 1.807) is 16.8 Å². The predicted octanol–water partition coefficient (Wildman–Crippen LogP) is 1.40. The van der Waals surface area contributed by atoms with Gasteiger partial charge in [-0.2, -0.15) is 0 Å². The summed E-state index contributed by atoms with van der Waals surface area (Å²) in [5, 5.41) is 9.97. The third-order valence-electron chi connectivity index (χ3n) is 3.23. The number of aliphatic hydroxyl groups excluding tert-OH is 1. The summed E-state index contributed by atoms with van der Waals surface area (Å²) in [5.74, 6) is 0.386. The summed E-state index contributed by atoms with van der Waals surface area (Å²) in [6, 6.07) is 5.07. The first-order chi connectivity index (χ1) is 7.27. The fourth-order valence-electron chi connectivity index (χ4n) is 2.30. The molecule has 0 amide bonds. The zero-order valence-electron chi connectivity index (χ0n) is 8.80. The number of aromatic nitrogens is 1. The molecule has 2 rings (SSSR count). The SMILES string of the molecule is O=c1ccccn1CC(O)C1CCCC1. The van der Waals surface area contributed by atoms with Crippen LogP contribution in [0.2, 0.25) is 0 Å². The Hall–Kier alpha value is -1.09. The summed E-state index contributed by atoms with van der Waals surface area (Å²) >= 11 is 0. The Labute approximate surface area is 89.4 Å². The van der Waals surface area contributed by atoms with Crippen molar-refractivity contribution in [3.05, 3.63) is 34.7 Å². The van der Waals surface area contributed by atoms with Crippen molar-refractivity contribution in [3.63, 3.8) is 0 Å². The van der Waals surface area contributed by atoms with Crippen molar-refractivity contribution in [3.8, 4) is 0 Å². The molecule has 1 atom stereocenters. The van der Waals surface area contributed by atoms with Crippen LogP contribution in [0.1, 0.15) is 25.7 Å². The number of rotatable bonds is 3. The molecule has 1 aromatic heterocycles. The number of hydrogen-bond donors (Lipinski definition) is 1. The Morgan fingerprint density at radius 1 is 1.40 bits per heavy atom. The average molecular weight is 207 g/mol. The van der Waals surface area contributed by atoms with E-state index in [1.165, 1.54) is 18.9 Å². The van der Waals surface area contributed by atoms with Crippen LogP contribution in [0, 0.1) is 5.92 Å². The van der Waals surface area contributed by atoms with Gasteiger partial charge in [-0.1, -0.05) is 18.9 Å². The highest BCUT2D eigenvalue weighted by Crippen LogP contribution is 2.28. The van der Waals surface area contributed by atoms with Gasteiger partial charge in [-0.3, -0.25) is 4.79 Å². The van der Waals surface area contributed by atoms with E-state index >= 15 is 0 Å². The van der Waals surface area contributed by atoms with Crippen molar-refractivity contribution in [1.82, 2.24) is 4.57 Å². The third-order valence-corrected chi connectivity index (χ3v) is 3.23. The highest BCUT2D eigenvalue weighted by molar-refractivity contribution is 4.93. The molecule has 1 aliphatic rings. The van der Waals surface area contributed by atoms with Crippen molar-refractivity contribution in [2.45, 2.75) is 38.3 Å². The van der Waals surface area contributed by atoms with E-state index in [-0.39, 0.29) is 11.7 Å². The minimum absolute atomic E-state index is 0.0328. The van der Waals surface area contributed by atoms with Crippen molar-refractivity contribution in [2.24, 2.45) is 5.92 Å². The summed E-state index contributed by atoms with van der Waals surface area (Å²) in [6.45, 7) is 0.435. The van der Waals surface area contributed by atoms with Crippen LogP contribution in [-0.2, 0) is 6.54 Å². The molecule has 0 aliphatic heterocycles. The van der Waals surface area contributed by atoms with E-state index in [1.807, 2.05) is 6.07 Å². The lowest BCUT2D eigenvalue weighted by Crippen LogP contribution is -2.29. The lowest BCUT2D eigenvalue weighted by Gasteiger charge is -2.18. The topological polar surface area (TPSA) is 42.2 Å². The molecule has 1 N–H and O–H groups in total. The molecule has 3 heteroatoms. The van der Waals surface area contributed by atoms with Crippen LogP contribution in [0.25, 0.3) is 0 Å². The molecule has 1 aromatic rings. The Morgan fingerprint density at radius 3 is 2.80 bits per heavy atom. The first kappa shape index (κ1) is 10.4. The highest BCUT2D eigenvalue weighted by Gasteiger charge is 2.23. The van der Waals surface area contributed by atoms with E-state index in [4.69, 9.17) is 0 Å². The largest absolute Gasteiger partial charge is 0.391 e. The van der Waals surface area contributed by atoms with Gasteiger partial charge in [0, 0.05) is 12.3 Å². The second kappa shape index (κ2) is 4.62. The minimum Gasteiger partial charge on any atom is -0.391 e. The smallest absolute Gasteiger partial charge is 0.250 e. The molecule has 3 nitrogen and oxygen atoms in total. The molecule has 15 heavy (non-hydrogen) atoms. The molecule has 0 radical (unpaired) electrons. The molecule has 0 bridgehead atoms. The quantitative estimate of drug-likeness (QED) is 0.814. The van der Waals surface area contributed by atoms with Crippen molar-refractivity contribution >= 4 is 0 Å². The average Bonchev–Trinajstić information content (AvgIpc) is 2.74. The molecule has 82 valence electrons. The molecular weight excluding hydrogens is 190 g/mol. The number of pyridine rings is 1. The Balaban J connectivity index is 2.02. The first-order valence-corrected chi connectivity index (χ1v) is 5.61. The van der Waals surface area contributed by atoms with E-state index in [2.05, 4.69) is 0 Å². The van der Waals surface area contributed by atoms with Crippen LogP contribution in [0.15, 0.2) is 29.2 Å². The molecule has 1 heterocycles. The van der Waals surface area contributed by atoms with Crippen LogP contribution in [0.3, 0.4) is 0 Å². The predicted molar refractivity (Wildman–Crippen MR) is 58.7 cm³/mol. The lowest BCUT2D eigenvalue weighted by molar-refractivity contribution is 0.0920. The zero-order valence-corrected chi connectivity index (χ0v) is 8.80. The van der Waals surface area contributed by atoms with Gasteiger partial charge in [0.2, 0.25) is 0 Å². The van der Waals surface area contributed by atoms with Gasteiger partial charge in [0.05, 0.1) is 12.6 Å². The van der Waals surface area contributed by atoms with E-state index in [9.17, 15) is 9.90 Å². The van der Waals surface area contributed by atoms with Crippen LogP contribution >= 0.6 is 0 Å². The summed E-state index contributed by atoms with van der Waals surface area (Å²) in [6.07, 6.45) is 6.00. The first-order valence-electron chi connectivity index (χ1n) is 5.61. The lowest BCUT2D eigenvalue weighted by atomic mass is 10.0. The Bertz CT molecular complexity index is 366. The van der Waals surface area contributed by atoms with Gasteiger partial charge >= 0.3 is 0 Å². The molecule has 0 aromatic carbocycles.